The van der Waals surface area contributed by atoms with Gasteiger partial charge >= 0.3 is 5.97 Å². The second kappa shape index (κ2) is 9.70. The van der Waals surface area contributed by atoms with Crippen LogP contribution in [0.2, 0.25) is 5.02 Å². The number of amidine groups is 2. The predicted molar refractivity (Wildman–Crippen MR) is 136 cm³/mol. The van der Waals surface area contributed by atoms with Gasteiger partial charge in [-0.1, -0.05) is 54.4 Å². The van der Waals surface area contributed by atoms with E-state index in [1.54, 1.807) is 0 Å². The van der Waals surface area contributed by atoms with Gasteiger partial charge in [0.05, 0.1) is 11.4 Å². The summed E-state index contributed by atoms with van der Waals surface area (Å²) in [5.74, 6) is -0.134. The largest absolute Gasteiger partial charge is 0.481 e. The first-order valence-corrected chi connectivity index (χ1v) is 11.0. The monoisotopic (exact) mass is 555 g/mol. The van der Waals surface area contributed by atoms with Gasteiger partial charge in [-0.15, -0.1) is 24.0 Å². The normalized spacial score (nSPS) is 18.5. The molecular formula is C22H23ClIN3O2S. The molecule has 8 heteroatoms. The molecule has 1 aliphatic carbocycles. The van der Waals surface area contributed by atoms with Crippen LogP contribution >= 0.6 is 47.3 Å². The van der Waals surface area contributed by atoms with Gasteiger partial charge in [-0.2, -0.15) is 0 Å². The SMILES string of the molecule is Cc1ccccc1N1C(SCC(=O)O)=NC(=Nc2ccc(Cl)cc2)C12CCCC2.I. The molecule has 1 fully saturated rings. The predicted octanol–water partition coefficient (Wildman–Crippen LogP) is 6.30. The molecule has 0 saturated heterocycles. The average molecular weight is 556 g/mol. The first-order chi connectivity index (χ1) is 14.0. The van der Waals surface area contributed by atoms with E-state index in [9.17, 15) is 9.90 Å². The minimum absolute atomic E-state index is 0. The first-order valence-electron chi connectivity index (χ1n) is 9.63. The Morgan fingerprint density at radius 3 is 2.50 bits per heavy atom. The number of aliphatic imine (C=N–C) groups is 2. The number of halogens is 2. The van der Waals surface area contributed by atoms with Crippen molar-refractivity contribution in [1.29, 1.82) is 0 Å². The molecule has 0 amide bonds. The number of hydrogen-bond donors (Lipinski definition) is 1. The molecule has 2 aromatic carbocycles. The number of aliphatic carboxylic acids is 1. The molecule has 1 N–H and O–H groups in total. The van der Waals surface area contributed by atoms with Crippen molar-refractivity contribution in [1.82, 2.24) is 0 Å². The summed E-state index contributed by atoms with van der Waals surface area (Å²) in [4.78, 5) is 23.2. The third-order valence-electron chi connectivity index (χ3n) is 5.41. The highest BCUT2D eigenvalue weighted by Crippen LogP contribution is 2.46. The van der Waals surface area contributed by atoms with Crippen LogP contribution in [-0.2, 0) is 4.79 Å². The highest BCUT2D eigenvalue weighted by molar-refractivity contribution is 14.0. The van der Waals surface area contributed by atoms with E-state index in [4.69, 9.17) is 21.6 Å². The standard InChI is InChI=1S/C22H22ClN3O2S.HI/c1-15-6-2-3-7-18(15)26-21(29-14-19(27)28)25-20(22(26)12-4-5-13-22)24-17-10-8-16(23)9-11-17;/h2-3,6-11H,4-5,12-14H2,1H3,(H,27,28);1H. The number of para-hydroxylation sites is 1. The van der Waals surface area contributed by atoms with Crippen LogP contribution in [0.1, 0.15) is 31.2 Å². The maximum Gasteiger partial charge on any atom is 0.313 e. The highest BCUT2D eigenvalue weighted by Gasteiger charge is 2.51. The number of rotatable bonds is 4. The van der Waals surface area contributed by atoms with Crippen molar-refractivity contribution in [2.75, 3.05) is 10.7 Å². The summed E-state index contributed by atoms with van der Waals surface area (Å²) in [7, 11) is 0. The average Bonchev–Trinajstić information content (AvgIpc) is 3.29. The molecule has 5 nitrogen and oxygen atoms in total. The Morgan fingerprint density at radius 2 is 1.87 bits per heavy atom. The number of carboxylic acid groups (broad SMARTS) is 1. The molecule has 0 bridgehead atoms. The van der Waals surface area contributed by atoms with Crippen LogP contribution in [0.4, 0.5) is 11.4 Å². The zero-order chi connectivity index (χ0) is 20.4. The number of anilines is 1. The lowest BCUT2D eigenvalue weighted by Gasteiger charge is -2.37. The van der Waals surface area contributed by atoms with Crippen molar-refractivity contribution >= 4 is 75.7 Å². The Bertz CT molecular complexity index is 988. The summed E-state index contributed by atoms with van der Waals surface area (Å²) < 4.78 is 0. The topological polar surface area (TPSA) is 65.3 Å². The molecule has 2 aliphatic rings. The molecule has 4 rings (SSSR count). The van der Waals surface area contributed by atoms with Gasteiger partial charge in [-0.3, -0.25) is 4.79 Å². The van der Waals surface area contributed by atoms with Gasteiger partial charge in [-0.05, 0) is 55.7 Å². The zero-order valence-corrected chi connectivity index (χ0v) is 20.4. The molecule has 1 spiro atoms. The quantitative estimate of drug-likeness (QED) is 0.450. The molecule has 0 atom stereocenters. The van der Waals surface area contributed by atoms with Crippen molar-refractivity contribution in [2.45, 2.75) is 38.1 Å². The van der Waals surface area contributed by atoms with Crippen molar-refractivity contribution in [2.24, 2.45) is 9.98 Å². The molecule has 0 aromatic heterocycles. The number of benzene rings is 2. The van der Waals surface area contributed by atoms with Gasteiger partial charge in [0.25, 0.3) is 0 Å². The van der Waals surface area contributed by atoms with E-state index in [-0.39, 0.29) is 35.3 Å². The molecular weight excluding hydrogens is 533 g/mol. The number of aryl methyl sites for hydroxylation is 1. The minimum Gasteiger partial charge on any atom is -0.481 e. The van der Waals surface area contributed by atoms with Gasteiger partial charge in [0, 0.05) is 10.7 Å². The van der Waals surface area contributed by atoms with Crippen molar-refractivity contribution in [3.63, 3.8) is 0 Å². The molecule has 2 aromatic rings. The van der Waals surface area contributed by atoms with Crippen LogP contribution < -0.4 is 4.90 Å². The Labute approximate surface area is 202 Å². The van der Waals surface area contributed by atoms with E-state index in [1.807, 2.05) is 36.4 Å². The van der Waals surface area contributed by atoms with Gasteiger partial charge in [0.2, 0.25) is 0 Å². The van der Waals surface area contributed by atoms with E-state index in [1.165, 1.54) is 11.8 Å². The summed E-state index contributed by atoms with van der Waals surface area (Å²) in [5, 5.41) is 10.6. The number of carbonyl (C=O) groups is 1. The fourth-order valence-electron chi connectivity index (χ4n) is 4.07. The van der Waals surface area contributed by atoms with E-state index in [0.717, 1.165) is 48.5 Å². The van der Waals surface area contributed by atoms with Crippen molar-refractivity contribution in [3.05, 3.63) is 59.1 Å². The maximum atomic E-state index is 11.2. The lowest BCUT2D eigenvalue weighted by atomic mass is 9.93. The Hall–Kier alpha value is -1.58. The van der Waals surface area contributed by atoms with Crippen LogP contribution in [0.25, 0.3) is 0 Å². The second-order valence-electron chi connectivity index (χ2n) is 7.35. The smallest absolute Gasteiger partial charge is 0.313 e. The number of thioether (sulfide) groups is 1. The summed E-state index contributed by atoms with van der Waals surface area (Å²) in [6, 6.07) is 15.6. The van der Waals surface area contributed by atoms with Crippen LogP contribution in [0.5, 0.6) is 0 Å². The molecule has 30 heavy (non-hydrogen) atoms. The fraction of sp³-hybridized carbons (Fsp3) is 0.318. The molecule has 1 heterocycles. The van der Waals surface area contributed by atoms with Crippen molar-refractivity contribution in [3.8, 4) is 0 Å². The second-order valence-corrected chi connectivity index (χ2v) is 8.73. The summed E-state index contributed by atoms with van der Waals surface area (Å²) in [6.45, 7) is 2.08. The fourth-order valence-corrected chi connectivity index (χ4v) is 5.00. The lowest BCUT2D eigenvalue weighted by Crippen LogP contribution is -2.49. The molecule has 158 valence electrons. The highest BCUT2D eigenvalue weighted by atomic mass is 127. The van der Waals surface area contributed by atoms with Gasteiger partial charge < -0.3 is 10.0 Å². The summed E-state index contributed by atoms with van der Waals surface area (Å²) >= 11 is 7.28. The van der Waals surface area contributed by atoms with Crippen molar-refractivity contribution < 1.29 is 9.90 Å². The number of nitrogens with zero attached hydrogens (tertiary/aromatic N) is 3. The molecule has 0 radical (unpaired) electrons. The van der Waals surface area contributed by atoms with E-state index in [2.05, 4.69) is 24.0 Å². The Balaban J connectivity index is 0.00000256. The third kappa shape index (κ3) is 4.53. The zero-order valence-electron chi connectivity index (χ0n) is 16.5. The van der Waals surface area contributed by atoms with Crippen LogP contribution in [0.3, 0.4) is 0 Å². The Morgan fingerprint density at radius 1 is 1.20 bits per heavy atom. The van der Waals surface area contributed by atoms with E-state index >= 15 is 0 Å². The summed E-state index contributed by atoms with van der Waals surface area (Å²) in [6.07, 6.45) is 4.06. The number of hydrogen-bond acceptors (Lipinski definition) is 4. The van der Waals surface area contributed by atoms with Crippen LogP contribution in [-0.4, -0.2) is 33.4 Å². The molecule has 0 unspecified atom stereocenters. The van der Waals surface area contributed by atoms with Gasteiger partial charge in [-0.25, -0.2) is 9.98 Å². The van der Waals surface area contributed by atoms with Gasteiger partial charge in [0.1, 0.15) is 5.54 Å². The summed E-state index contributed by atoms with van der Waals surface area (Å²) in [5.41, 5.74) is 2.66. The van der Waals surface area contributed by atoms with E-state index < -0.39 is 5.97 Å². The Kier molecular flexibility index (Phi) is 7.47. The first kappa shape index (κ1) is 23.1. The van der Waals surface area contributed by atoms with Gasteiger partial charge in [0.15, 0.2) is 11.0 Å². The lowest BCUT2D eigenvalue weighted by molar-refractivity contribution is -0.133. The molecule has 1 saturated carbocycles. The molecule has 1 aliphatic heterocycles. The minimum atomic E-state index is -0.856. The van der Waals surface area contributed by atoms with Crippen LogP contribution in [0.15, 0.2) is 58.5 Å². The van der Waals surface area contributed by atoms with E-state index in [0.29, 0.717) is 10.2 Å². The maximum absolute atomic E-state index is 11.2. The van der Waals surface area contributed by atoms with Crippen LogP contribution in [0, 0.1) is 6.92 Å². The third-order valence-corrected chi connectivity index (χ3v) is 6.59. The number of carboxylic acids is 1.